The van der Waals surface area contributed by atoms with E-state index in [4.69, 9.17) is 9.47 Å². The molecule has 0 aromatic heterocycles. The van der Waals surface area contributed by atoms with Gasteiger partial charge in [0, 0.05) is 19.5 Å². The second-order valence-corrected chi connectivity index (χ2v) is 7.99. The minimum atomic E-state index is -0.546. The average Bonchev–Trinajstić information content (AvgIpc) is 2.65. The van der Waals surface area contributed by atoms with Gasteiger partial charge in [0.25, 0.3) is 5.91 Å². The Morgan fingerprint density at radius 1 is 1.10 bits per heavy atom. The third-order valence-electron chi connectivity index (χ3n) is 4.24. The summed E-state index contributed by atoms with van der Waals surface area (Å²) >= 11 is 0. The molecule has 0 spiro atoms. The number of amides is 4. The SMILES string of the molecule is CC(C)(C)OC(=O)NCCCNC(=O)COc1ccc(C2CCC(=O)NC2=O)cc1. The number of carbonyl (C=O) groups is 4. The van der Waals surface area contributed by atoms with E-state index in [9.17, 15) is 19.2 Å². The van der Waals surface area contributed by atoms with Crippen molar-refractivity contribution >= 4 is 23.8 Å². The fourth-order valence-electron chi connectivity index (χ4n) is 2.83. The van der Waals surface area contributed by atoms with Gasteiger partial charge in [-0.15, -0.1) is 0 Å². The Balaban J connectivity index is 1.63. The molecular weight excluding hydrogens is 390 g/mol. The highest BCUT2D eigenvalue weighted by atomic mass is 16.6. The van der Waals surface area contributed by atoms with Gasteiger partial charge in [-0.05, 0) is 51.3 Å². The van der Waals surface area contributed by atoms with E-state index in [2.05, 4.69) is 16.0 Å². The van der Waals surface area contributed by atoms with E-state index < -0.39 is 11.7 Å². The second kappa shape index (κ2) is 10.6. The van der Waals surface area contributed by atoms with Gasteiger partial charge in [-0.2, -0.15) is 0 Å². The molecule has 30 heavy (non-hydrogen) atoms. The molecule has 0 saturated carbocycles. The first-order chi connectivity index (χ1) is 14.1. The van der Waals surface area contributed by atoms with E-state index in [0.717, 1.165) is 5.56 Å². The minimum Gasteiger partial charge on any atom is -0.484 e. The maximum absolute atomic E-state index is 11.9. The monoisotopic (exact) mass is 419 g/mol. The van der Waals surface area contributed by atoms with Crippen molar-refractivity contribution in [2.75, 3.05) is 19.7 Å². The number of imide groups is 1. The van der Waals surface area contributed by atoms with Crippen LogP contribution in [0.4, 0.5) is 4.79 Å². The van der Waals surface area contributed by atoms with Crippen LogP contribution in [0, 0.1) is 0 Å². The number of piperidine rings is 1. The van der Waals surface area contributed by atoms with Gasteiger partial charge in [0.1, 0.15) is 11.4 Å². The van der Waals surface area contributed by atoms with Crippen LogP contribution in [0.25, 0.3) is 0 Å². The van der Waals surface area contributed by atoms with Gasteiger partial charge in [-0.3, -0.25) is 19.7 Å². The fourth-order valence-corrected chi connectivity index (χ4v) is 2.83. The molecular formula is C21H29N3O6. The van der Waals surface area contributed by atoms with Crippen molar-refractivity contribution in [3.8, 4) is 5.75 Å². The summed E-state index contributed by atoms with van der Waals surface area (Å²) in [6.45, 7) is 6.00. The molecule has 0 bridgehead atoms. The predicted octanol–water partition coefficient (Wildman–Crippen LogP) is 1.62. The molecule has 1 atom stereocenters. The van der Waals surface area contributed by atoms with Crippen molar-refractivity contribution in [3.63, 3.8) is 0 Å². The van der Waals surface area contributed by atoms with Gasteiger partial charge in [0.05, 0.1) is 5.92 Å². The first-order valence-electron chi connectivity index (χ1n) is 9.94. The fraction of sp³-hybridized carbons (Fsp3) is 0.524. The molecule has 9 nitrogen and oxygen atoms in total. The predicted molar refractivity (Wildman–Crippen MR) is 109 cm³/mol. The van der Waals surface area contributed by atoms with E-state index in [1.165, 1.54) is 0 Å². The normalized spacial score (nSPS) is 16.4. The molecule has 2 rings (SSSR count). The molecule has 1 aromatic rings. The maximum atomic E-state index is 11.9. The summed E-state index contributed by atoms with van der Waals surface area (Å²) in [6.07, 6.45) is 0.877. The van der Waals surface area contributed by atoms with Crippen LogP contribution in [0.1, 0.15) is 51.5 Å². The molecule has 1 unspecified atom stereocenters. The standard InChI is InChI=1S/C21H29N3O6/c1-21(2,3)30-20(28)23-12-4-11-22-18(26)13-29-15-7-5-14(6-8-15)16-9-10-17(25)24-19(16)27/h5-8,16H,4,9-13H2,1-3H3,(H,22,26)(H,23,28)(H,24,25,27). The summed E-state index contributed by atoms with van der Waals surface area (Å²) in [5, 5.41) is 7.66. The second-order valence-electron chi connectivity index (χ2n) is 7.99. The van der Waals surface area contributed by atoms with Crippen LogP contribution in [0.5, 0.6) is 5.75 Å². The van der Waals surface area contributed by atoms with Gasteiger partial charge < -0.3 is 20.1 Å². The zero-order valence-corrected chi connectivity index (χ0v) is 17.6. The van der Waals surface area contributed by atoms with Crippen molar-refractivity contribution in [3.05, 3.63) is 29.8 Å². The third-order valence-corrected chi connectivity index (χ3v) is 4.24. The molecule has 0 radical (unpaired) electrons. The zero-order chi connectivity index (χ0) is 22.1. The van der Waals surface area contributed by atoms with Crippen LogP contribution in [-0.2, 0) is 19.1 Å². The lowest BCUT2D eigenvalue weighted by Crippen LogP contribution is -2.39. The molecule has 0 aliphatic carbocycles. The first kappa shape index (κ1) is 23.2. The highest BCUT2D eigenvalue weighted by Gasteiger charge is 2.27. The Labute approximate surface area is 175 Å². The topological polar surface area (TPSA) is 123 Å². The lowest BCUT2D eigenvalue weighted by atomic mass is 9.90. The first-order valence-corrected chi connectivity index (χ1v) is 9.94. The number of carbonyl (C=O) groups excluding carboxylic acids is 4. The lowest BCUT2D eigenvalue weighted by Gasteiger charge is -2.21. The molecule has 1 heterocycles. The summed E-state index contributed by atoms with van der Waals surface area (Å²) in [4.78, 5) is 46.5. The van der Waals surface area contributed by atoms with E-state index >= 15 is 0 Å². The molecule has 1 fully saturated rings. The highest BCUT2D eigenvalue weighted by molar-refractivity contribution is 6.00. The van der Waals surface area contributed by atoms with Crippen molar-refractivity contribution in [2.45, 2.75) is 51.6 Å². The Morgan fingerprint density at radius 2 is 1.77 bits per heavy atom. The summed E-state index contributed by atoms with van der Waals surface area (Å²) in [7, 11) is 0. The van der Waals surface area contributed by atoms with Crippen LogP contribution >= 0.6 is 0 Å². The van der Waals surface area contributed by atoms with Gasteiger partial charge in [-0.1, -0.05) is 12.1 Å². The Bertz CT molecular complexity index is 770. The smallest absolute Gasteiger partial charge is 0.407 e. The Hall–Kier alpha value is -3.10. The van der Waals surface area contributed by atoms with Crippen LogP contribution in [0.3, 0.4) is 0 Å². The van der Waals surface area contributed by atoms with E-state index in [-0.39, 0.29) is 30.2 Å². The number of alkyl carbamates (subject to hydrolysis) is 1. The van der Waals surface area contributed by atoms with Crippen LogP contribution in [0.15, 0.2) is 24.3 Å². The van der Waals surface area contributed by atoms with Crippen LogP contribution in [0.2, 0.25) is 0 Å². The summed E-state index contributed by atoms with van der Waals surface area (Å²) in [5.41, 5.74) is 0.254. The van der Waals surface area contributed by atoms with Crippen LogP contribution in [-0.4, -0.2) is 49.1 Å². The molecule has 1 aliphatic heterocycles. The van der Waals surface area contributed by atoms with E-state index in [1.807, 2.05) is 0 Å². The van der Waals surface area contributed by atoms with E-state index in [1.54, 1.807) is 45.0 Å². The maximum Gasteiger partial charge on any atom is 0.407 e. The van der Waals surface area contributed by atoms with Gasteiger partial charge in [-0.25, -0.2) is 4.79 Å². The van der Waals surface area contributed by atoms with Crippen molar-refractivity contribution in [1.82, 2.24) is 16.0 Å². The number of rotatable bonds is 8. The van der Waals surface area contributed by atoms with Crippen molar-refractivity contribution in [1.29, 1.82) is 0 Å². The molecule has 1 aromatic carbocycles. The number of nitrogens with one attached hydrogen (secondary N) is 3. The average molecular weight is 419 g/mol. The quantitative estimate of drug-likeness (QED) is 0.435. The molecule has 1 aliphatic rings. The zero-order valence-electron chi connectivity index (χ0n) is 17.6. The molecule has 9 heteroatoms. The number of hydrogen-bond acceptors (Lipinski definition) is 6. The van der Waals surface area contributed by atoms with Gasteiger partial charge in [0.15, 0.2) is 6.61 Å². The summed E-state index contributed by atoms with van der Waals surface area (Å²) in [5.74, 6) is -0.660. The lowest BCUT2D eigenvalue weighted by molar-refractivity contribution is -0.134. The molecule has 164 valence electrons. The summed E-state index contributed by atoms with van der Waals surface area (Å²) < 4.78 is 10.6. The molecule has 1 saturated heterocycles. The highest BCUT2D eigenvalue weighted by Crippen LogP contribution is 2.26. The number of ether oxygens (including phenoxy) is 2. The van der Waals surface area contributed by atoms with Gasteiger partial charge >= 0.3 is 6.09 Å². The molecule has 3 N–H and O–H groups in total. The third kappa shape index (κ3) is 8.10. The number of benzene rings is 1. The Morgan fingerprint density at radius 3 is 2.40 bits per heavy atom. The van der Waals surface area contributed by atoms with Crippen LogP contribution < -0.4 is 20.7 Å². The summed E-state index contributed by atoms with van der Waals surface area (Å²) in [6, 6.07) is 6.90. The van der Waals surface area contributed by atoms with Crippen molar-refractivity contribution < 1.29 is 28.7 Å². The number of hydrogen-bond donors (Lipinski definition) is 3. The Kier molecular flexibility index (Phi) is 8.20. The van der Waals surface area contributed by atoms with E-state index in [0.29, 0.717) is 38.1 Å². The molecule has 4 amide bonds. The van der Waals surface area contributed by atoms with Crippen molar-refractivity contribution in [2.24, 2.45) is 0 Å². The largest absolute Gasteiger partial charge is 0.484 e. The van der Waals surface area contributed by atoms with Gasteiger partial charge in [0.2, 0.25) is 11.8 Å². The minimum absolute atomic E-state index is 0.142.